The molecule has 106 valence electrons. The van der Waals surface area contributed by atoms with Crippen LogP contribution in [0, 0.1) is 11.3 Å². The number of nitrogens with one attached hydrogen (secondary N) is 1. The largest absolute Gasteiger partial charge is 0.296 e. The number of hydrogen-bond acceptors (Lipinski definition) is 3. The standard InChI is InChI=1S/C16H19NO2S/c18-14-10-16(7-4-8-20-11-16)13(15(19)17-14)9-12-5-2-1-3-6-12/h1-3,5-6,13H,4,7-11H2,(H,17,18,19). The zero-order valence-corrected chi connectivity index (χ0v) is 12.2. The molecule has 2 saturated heterocycles. The number of imide groups is 1. The van der Waals surface area contributed by atoms with E-state index in [1.807, 2.05) is 30.0 Å². The molecule has 0 aliphatic carbocycles. The first-order valence-corrected chi connectivity index (χ1v) is 8.30. The molecule has 3 nitrogen and oxygen atoms in total. The Balaban J connectivity index is 1.87. The molecule has 2 fully saturated rings. The molecule has 1 spiro atoms. The molecule has 1 aromatic rings. The molecular weight excluding hydrogens is 270 g/mol. The lowest BCUT2D eigenvalue weighted by molar-refractivity contribution is -0.143. The minimum absolute atomic E-state index is 0.0737. The highest BCUT2D eigenvalue weighted by atomic mass is 32.2. The monoisotopic (exact) mass is 289 g/mol. The Morgan fingerprint density at radius 1 is 1.25 bits per heavy atom. The van der Waals surface area contributed by atoms with E-state index in [1.165, 1.54) is 5.56 Å². The predicted molar refractivity (Wildman–Crippen MR) is 80.4 cm³/mol. The highest BCUT2D eigenvalue weighted by molar-refractivity contribution is 7.99. The Kier molecular flexibility index (Phi) is 3.83. The van der Waals surface area contributed by atoms with E-state index in [2.05, 4.69) is 17.4 Å². The maximum atomic E-state index is 12.3. The fourth-order valence-electron chi connectivity index (χ4n) is 3.44. The van der Waals surface area contributed by atoms with Gasteiger partial charge in [0.25, 0.3) is 0 Å². The van der Waals surface area contributed by atoms with Crippen molar-refractivity contribution >= 4 is 23.6 Å². The number of thioether (sulfide) groups is 1. The summed E-state index contributed by atoms with van der Waals surface area (Å²) in [5, 5.41) is 2.53. The lowest BCUT2D eigenvalue weighted by Gasteiger charge is -2.44. The van der Waals surface area contributed by atoms with Crippen molar-refractivity contribution in [2.24, 2.45) is 11.3 Å². The van der Waals surface area contributed by atoms with Gasteiger partial charge in [-0.05, 0) is 30.6 Å². The van der Waals surface area contributed by atoms with E-state index >= 15 is 0 Å². The van der Waals surface area contributed by atoms with E-state index in [9.17, 15) is 9.59 Å². The van der Waals surface area contributed by atoms with Crippen molar-refractivity contribution in [3.05, 3.63) is 35.9 Å². The predicted octanol–water partition coefficient (Wildman–Crippen LogP) is 2.41. The van der Waals surface area contributed by atoms with E-state index < -0.39 is 0 Å². The van der Waals surface area contributed by atoms with Gasteiger partial charge >= 0.3 is 0 Å². The molecule has 2 heterocycles. The van der Waals surface area contributed by atoms with E-state index in [0.29, 0.717) is 6.42 Å². The maximum absolute atomic E-state index is 12.3. The highest BCUT2D eigenvalue weighted by Gasteiger charge is 2.48. The Morgan fingerprint density at radius 3 is 2.75 bits per heavy atom. The van der Waals surface area contributed by atoms with Crippen LogP contribution < -0.4 is 5.32 Å². The van der Waals surface area contributed by atoms with Crippen LogP contribution in [-0.4, -0.2) is 23.3 Å². The summed E-state index contributed by atoms with van der Waals surface area (Å²) >= 11 is 1.89. The van der Waals surface area contributed by atoms with E-state index in [4.69, 9.17) is 0 Å². The van der Waals surface area contributed by atoms with E-state index in [-0.39, 0.29) is 23.1 Å². The van der Waals surface area contributed by atoms with Gasteiger partial charge in [0.05, 0.1) is 0 Å². The number of carbonyl (C=O) groups is 2. The summed E-state index contributed by atoms with van der Waals surface area (Å²) in [6.45, 7) is 0. The van der Waals surface area contributed by atoms with E-state index in [0.717, 1.165) is 30.8 Å². The van der Waals surface area contributed by atoms with Crippen LogP contribution in [0.2, 0.25) is 0 Å². The van der Waals surface area contributed by atoms with Gasteiger partial charge in [-0.1, -0.05) is 30.3 Å². The summed E-state index contributed by atoms with van der Waals surface area (Å²) in [7, 11) is 0. The summed E-state index contributed by atoms with van der Waals surface area (Å²) in [6, 6.07) is 10.1. The Morgan fingerprint density at radius 2 is 2.05 bits per heavy atom. The average molecular weight is 289 g/mol. The molecule has 0 aromatic heterocycles. The van der Waals surface area contributed by atoms with Crippen LogP contribution in [0.25, 0.3) is 0 Å². The topological polar surface area (TPSA) is 46.2 Å². The van der Waals surface area contributed by atoms with Gasteiger partial charge in [-0.15, -0.1) is 0 Å². The van der Waals surface area contributed by atoms with Crippen molar-refractivity contribution in [1.82, 2.24) is 5.32 Å². The van der Waals surface area contributed by atoms with Crippen LogP contribution in [0.3, 0.4) is 0 Å². The number of rotatable bonds is 2. The smallest absolute Gasteiger partial charge is 0.230 e. The van der Waals surface area contributed by atoms with Gasteiger partial charge in [0, 0.05) is 23.5 Å². The highest BCUT2D eigenvalue weighted by Crippen LogP contribution is 2.46. The SMILES string of the molecule is O=C1CC2(CCCSC2)C(Cc2ccccc2)C(=O)N1. The number of amides is 2. The van der Waals surface area contributed by atoms with Gasteiger partial charge in [-0.25, -0.2) is 0 Å². The van der Waals surface area contributed by atoms with Crippen molar-refractivity contribution in [3.63, 3.8) is 0 Å². The van der Waals surface area contributed by atoms with Gasteiger partial charge in [-0.2, -0.15) is 11.8 Å². The molecular formula is C16H19NO2S. The number of carbonyl (C=O) groups excluding carboxylic acids is 2. The Labute approximate surface area is 123 Å². The summed E-state index contributed by atoms with van der Waals surface area (Å²) in [4.78, 5) is 24.1. The number of hydrogen-bond donors (Lipinski definition) is 1. The molecule has 2 atom stereocenters. The molecule has 1 N–H and O–H groups in total. The van der Waals surface area contributed by atoms with Crippen LogP contribution in [0.1, 0.15) is 24.8 Å². The molecule has 0 radical (unpaired) electrons. The lowest BCUT2D eigenvalue weighted by Crippen LogP contribution is -2.54. The van der Waals surface area contributed by atoms with Crippen LogP contribution >= 0.6 is 11.8 Å². The summed E-state index contributed by atoms with van der Waals surface area (Å²) in [5.74, 6) is 1.84. The zero-order chi connectivity index (χ0) is 14.0. The fourth-order valence-corrected chi connectivity index (χ4v) is 4.78. The zero-order valence-electron chi connectivity index (χ0n) is 11.4. The maximum Gasteiger partial charge on any atom is 0.230 e. The van der Waals surface area contributed by atoms with Crippen LogP contribution in [-0.2, 0) is 16.0 Å². The third-order valence-electron chi connectivity index (χ3n) is 4.47. The molecule has 3 rings (SSSR count). The minimum Gasteiger partial charge on any atom is -0.296 e. The molecule has 1 aromatic carbocycles. The molecule has 0 bridgehead atoms. The summed E-state index contributed by atoms with van der Waals surface area (Å²) in [6.07, 6.45) is 3.34. The second kappa shape index (κ2) is 5.60. The van der Waals surface area contributed by atoms with E-state index in [1.54, 1.807) is 0 Å². The van der Waals surface area contributed by atoms with Gasteiger partial charge in [0.1, 0.15) is 0 Å². The van der Waals surface area contributed by atoms with Gasteiger partial charge in [0.15, 0.2) is 0 Å². The molecule has 2 amide bonds. The first-order chi connectivity index (χ1) is 9.70. The Hall–Kier alpha value is -1.29. The van der Waals surface area contributed by atoms with Crippen LogP contribution in [0.4, 0.5) is 0 Å². The molecule has 0 saturated carbocycles. The third kappa shape index (κ3) is 2.62. The van der Waals surface area contributed by atoms with Crippen molar-refractivity contribution in [1.29, 1.82) is 0 Å². The molecule has 2 unspecified atom stereocenters. The molecule has 2 aliphatic heterocycles. The number of piperidine rings is 1. The lowest BCUT2D eigenvalue weighted by atomic mass is 9.66. The van der Waals surface area contributed by atoms with Gasteiger partial charge in [0.2, 0.25) is 11.8 Å². The minimum atomic E-state index is -0.127. The molecule has 20 heavy (non-hydrogen) atoms. The fraction of sp³-hybridized carbons (Fsp3) is 0.500. The number of benzene rings is 1. The first-order valence-electron chi connectivity index (χ1n) is 7.15. The van der Waals surface area contributed by atoms with Crippen molar-refractivity contribution in [2.75, 3.05) is 11.5 Å². The third-order valence-corrected chi connectivity index (χ3v) is 5.82. The normalized spacial score (nSPS) is 30.3. The van der Waals surface area contributed by atoms with Crippen molar-refractivity contribution in [3.8, 4) is 0 Å². The average Bonchev–Trinajstić information content (AvgIpc) is 2.45. The van der Waals surface area contributed by atoms with Gasteiger partial charge in [-0.3, -0.25) is 14.9 Å². The van der Waals surface area contributed by atoms with Crippen LogP contribution in [0.5, 0.6) is 0 Å². The van der Waals surface area contributed by atoms with Gasteiger partial charge < -0.3 is 0 Å². The Bertz CT molecular complexity index is 508. The molecule has 2 aliphatic rings. The summed E-state index contributed by atoms with van der Waals surface area (Å²) < 4.78 is 0. The molecule has 4 heteroatoms. The second-order valence-corrected chi connectivity index (χ2v) is 6.96. The van der Waals surface area contributed by atoms with Crippen molar-refractivity contribution < 1.29 is 9.59 Å². The summed E-state index contributed by atoms with van der Waals surface area (Å²) in [5.41, 5.74) is 1.05. The second-order valence-electron chi connectivity index (χ2n) is 5.85. The first kappa shape index (κ1) is 13.7. The quantitative estimate of drug-likeness (QED) is 0.850. The van der Waals surface area contributed by atoms with Crippen molar-refractivity contribution in [2.45, 2.75) is 25.7 Å². The van der Waals surface area contributed by atoms with Crippen LogP contribution in [0.15, 0.2) is 30.3 Å².